The van der Waals surface area contributed by atoms with Crippen LogP contribution in [0.25, 0.3) is 0 Å². The summed E-state index contributed by atoms with van der Waals surface area (Å²) >= 11 is 11.5. The second kappa shape index (κ2) is 5.16. The summed E-state index contributed by atoms with van der Waals surface area (Å²) in [7, 11) is -3.82. The molecule has 0 unspecified atom stereocenters. The van der Waals surface area contributed by atoms with Gasteiger partial charge in [-0.15, -0.1) is 0 Å². The van der Waals surface area contributed by atoms with Gasteiger partial charge in [-0.1, -0.05) is 23.2 Å². The van der Waals surface area contributed by atoms with Crippen molar-refractivity contribution in [3.63, 3.8) is 0 Å². The second-order valence-corrected chi connectivity index (χ2v) is 6.59. The molecule has 0 saturated heterocycles. The number of anilines is 1. The summed E-state index contributed by atoms with van der Waals surface area (Å²) in [6.07, 6.45) is 0. The molecule has 0 aliphatic heterocycles. The zero-order chi connectivity index (χ0) is 15.1. The smallest absolute Gasteiger partial charge is 0.265 e. The van der Waals surface area contributed by atoms with E-state index >= 15 is 0 Å². The van der Waals surface area contributed by atoms with Gasteiger partial charge in [-0.3, -0.25) is 9.82 Å². The SMILES string of the molecule is Cc1n[nH]c(C)c1S(=O)(=O)Nc1cc(Cl)c(O)c(Cl)c1. The zero-order valence-electron chi connectivity index (χ0n) is 10.5. The molecule has 2 aromatic rings. The Morgan fingerprint density at radius 2 is 1.80 bits per heavy atom. The molecule has 0 bridgehead atoms. The van der Waals surface area contributed by atoms with Crippen molar-refractivity contribution in [3.8, 4) is 5.75 Å². The fraction of sp³-hybridized carbons (Fsp3) is 0.182. The Kier molecular flexibility index (Phi) is 3.86. The number of H-pyrrole nitrogens is 1. The number of nitrogens with one attached hydrogen (secondary N) is 2. The molecule has 0 amide bonds. The highest BCUT2D eigenvalue weighted by Crippen LogP contribution is 2.35. The molecular formula is C11H11Cl2N3O3S. The van der Waals surface area contributed by atoms with Gasteiger partial charge in [0, 0.05) is 0 Å². The van der Waals surface area contributed by atoms with E-state index in [9.17, 15) is 13.5 Å². The molecule has 0 fully saturated rings. The molecule has 2 rings (SSSR count). The molecule has 0 aliphatic carbocycles. The zero-order valence-corrected chi connectivity index (χ0v) is 12.9. The first-order chi connectivity index (χ1) is 9.22. The lowest BCUT2D eigenvalue weighted by Gasteiger charge is -2.10. The molecule has 0 aliphatic rings. The minimum absolute atomic E-state index is 0.0455. The molecule has 6 nitrogen and oxygen atoms in total. The number of sulfonamides is 1. The van der Waals surface area contributed by atoms with Gasteiger partial charge in [0.2, 0.25) is 0 Å². The molecular weight excluding hydrogens is 325 g/mol. The average molecular weight is 336 g/mol. The van der Waals surface area contributed by atoms with E-state index in [-0.39, 0.29) is 26.4 Å². The number of nitrogens with zero attached hydrogens (tertiary/aromatic N) is 1. The maximum Gasteiger partial charge on any atom is 0.265 e. The number of phenols is 1. The summed E-state index contributed by atoms with van der Waals surface area (Å²) in [4.78, 5) is 0.0674. The fourth-order valence-corrected chi connectivity index (χ4v) is 3.67. The Balaban J connectivity index is 2.44. The number of aryl methyl sites for hydroxylation is 2. The van der Waals surface area contributed by atoms with Gasteiger partial charge in [-0.05, 0) is 26.0 Å². The lowest BCUT2D eigenvalue weighted by atomic mass is 10.3. The van der Waals surface area contributed by atoms with Gasteiger partial charge in [0.1, 0.15) is 4.90 Å². The van der Waals surface area contributed by atoms with Crippen LogP contribution < -0.4 is 4.72 Å². The molecule has 20 heavy (non-hydrogen) atoms. The van der Waals surface area contributed by atoms with E-state index in [0.717, 1.165) is 0 Å². The largest absolute Gasteiger partial charge is 0.505 e. The summed E-state index contributed by atoms with van der Waals surface area (Å²) in [5.41, 5.74) is 0.926. The molecule has 0 saturated carbocycles. The quantitative estimate of drug-likeness (QED) is 0.751. The normalized spacial score (nSPS) is 11.6. The van der Waals surface area contributed by atoms with E-state index in [1.165, 1.54) is 12.1 Å². The molecule has 1 heterocycles. The minimum Gasteiger partial charge on any atom is -0.505 e. The minimum atomic E-state index is -3.82. The third-order valence-electron chi connectivity index (χ3n) is 2.60. The number of hydrogen-bond donors (Lipinski definition) is 3. The van der Waals surface area contributed by atoms with Crippen LogP contribution in [-0.4, -0.2) is 23.7 Å². The highest BCUT2D eigenvalue weighted by molar-refractivity contribution is 7.92. The van der Waals surface area contributed by atoms with Crippen molar-refractivity contribution >= 4 is 38.9 Å². The first-order valence-electron chi connectivity index (χ1n) is 5.45. The Labute approximate surface area is 125 Å². The number of aromatic hydroxyl groups is 1. The Hall–Kier alpha value is -1.44. The van der Waals surface area contributed by atoms with Gasteiger partial charge in [0.15, 0.2) is 5.75 Å². The summed E-state index contributed by atoms with van der Waals surface area (Å²) < 4.78 is 26.9. The highest BCUT2D eigenvalue weighted by Gasteiger charge is 2.23. The van der Waals surface area contributed by atoms with E-state index in [1.807, 2.05) is 0 Å². The first-order valence-corrected chi connectivity index (χ1v) is 7.68. The Morgan fingerprint density at radius 1 is 1.25 bits per heavy atom. The van der Waals surface area contributed by atoms with Crippen LogP contribution in [0.3, 0.4) is 0 Å². The van der Waals surface area contributed by atoms with Crippen molar-refractivity contribution < 1.29 is 13.5 Å². The third-order valence-corrected chi connectivity index (χ3v) is 4.82. The van der Waals surface area contributed by atoms with Crippen molar-refractivity contribution in [2.45, 2.75) is 18.7 Å². The fourth-order valence-electron chi connectivity index (χ4n) is 1.77. The topological polar surface area (TPSA) is 95.1 Å². The van der Waals surface area contributed by atoms with Crippen molar-refractivity contribution in [1.29, 1.82) is 0 Å². The van der Waals surface area contributed by atoms with Crippen LogP contribution in [0.15, 0.2) is 17.0 Å². The predicted molar refractivity (Wildman–Crippen MR) is 77.0 cm³/mol. The van der Waals surface area contributed by atoms with Gasteiger partial charge >= 0.3 is 0 Å². The molecule has 0 radical (unpaired) electrons. The van der Waals surface area contributed by atoms with Crippen molar-refractivity contribution in [3.05, 3.63) is 33.6 Å². The maximum atomic E-state index is 12.3. The summed E-state index contributed by atoms with van der Waals surface area (Å²) in [5, 5.41) is 15.8. The van der Waals surface area contributed by atoms with Gasteiger partial charge in [-0.25, -0.2) is 8.42 Å². The average Bonchev–Trinajstić information content (AvgIpc) is 2.66. The molecule has 0 atom stereocenters. The lowest BCUT2D eigenvalue weighted by molar-refractivity contribution is 0.476. The van der Waals surface area contributed by atoms with Crippen LogP contribution in [0.2, 0.25) is 10.0 Å². The second-order valence-electron chi connectivity index (χ2n) is 4.16. The number of aromatic nitrogens is 2. The molecule has 3 N–H and O–H groups in total. The number of hydrogen-bond acceptors (Lipinski definition) is 4. The number of phenolic OH excluding ortho intramolecular Hbond substituents is 1. The van der Waals surface area contributed by atoms with Gasteiger partial charge in [0.25, 0.3) is 10.0 Å². The summed E-state index contributed by atoms with van der Waals surface area (Å²) in [5.74, 6) is -0.299. The number of benzene rings is 1. The summed E-state index contributed by atoms with van der Waals surface area (Å²) in [6.45, 7) is 3.18. The van der Waals surface area contributed by atoms with Gasteiger partial charge in [0.05, 0.1) is 27.1 Å². The lowest BCUT2D eigenvalue weighted by Crippen LogP contribution is -2.14. The summed E-state index contributed by atoms with van der Waals surface area (Å²) in [6, 6.07) is 2.54. The third kappa shape index (κ3) is 2.70. The van der Waals surface area contributed by atoms with E-state index in [0.29, 0.717) is 11.4 Å². The predicted octanol–water partition coefficient (Wildman–Crippen LogP) is 2.84. The molecule has 1 aromatic heterocycles. The van der Waals surface area contributed by atoms with Crippen LogP contribution in [0.5, 0.6) is 5.75 Å². The van der Waals surface area contributed by atoms with Gasteiger partial charge in [-0.2, -0.15) is 5.10 Å². The first kappa shape index (κ1) is 15.0. The number of aromatic amines is 1. The van der Waals surface area contributed by atoms with E-state index in [1.54, 1.807) is 13.8 Å². The molecule has 9 heteroatoms. The van der Waals surface area contributed by atoms with Crippen molar-refractivity contribution in [1.82, 2.24) is 10.2 Å². The van der Waals surface area contributed by atoms with Crippen LogP contribution >= 0.6 is 23.2 Å². The molecule has 108 valence electrons. The molecule has 0 spiro atoms. The van der Waals surface area contributed by atoms with E-state index < -0.39 is 10.0 Å². The van der Waals surface area contributed by atoms with E-state index in [2.05, 4.69) is 14.9 Å². The highest BCUT2D eigenvalue weighted by atomic mass is 35.5. The standard InChI is InChI=1S/C11H11Cl2N3O3S/c1-5-11(6(2)15-14-5)20(18,19)16-7-3-8(12)10(17)9(13)4-7/h3-4,16-17H,1-2H3,(H,14,15). The van der Waals surface area contributed by atoms with Crippen molar-refractivity contribution in [2.24, 2.45) is 0 Å². The van der Waals surface area contributed by atoms with Crippen molar-refractivity contribution in [2.75, 3.05) is 4.72 Å². The Bertz CT molecular complexity index is 729. The monoisotopic (exact) mass is 335 g/mol. The maximum absolute atomic E-state index is 12.3. The number of rotatable bonds is 3. The van der Waals surface area contributed by atoms with Gasteiger partial charge < -0.3 is 5.11 Å². The van der Waals surface area contributed by atoms with Crippen LogP contribution in [-0.2, 0) is 10.0 Å². The van der Waals surface area contributed by atoms with Crippen LogP contribution in [0.1, 0.15) is 11.4 Å². The van der Waals surface area contributed by atoms with E-state index in [4.69, 9.17) is 23.2 Å². The van der Waals surface area contributed by atoms with Crippen LogP contribution in [0, 0.1) is 13.8 Å². The molecule has 1 aromatic carbocycles. The Morgan fingerprint density at radius 3 is 2.25 bits per heavy atom. The van der Waals surface area contributed by atoms with Crippen LogP contribution in [0.4, 0.5) is 5.69 Å². The number of halogens is 2.